The molecule has 1 saturated carbocycles. The molecule has 1 aliphatic heterocycles. The van der Waals surface area contributed by atoms with Gasteiger partial charge in [0.05, 0.1) is 0 Å². The summed E-state index contributed by atoms with van der Waals surface area (Å²) in [4.78, 5) is 0. The van der Waals surface area contributed by atoms with Gasteiger partial charge in [0, 0.05) is 12.1 Å². The minimum absolute atomic E-state index is 0.821. The third-order valence-corrected chi connectivity index (χ3v) is 2.67. The van der Waals surface area contributed by atoms with Crippen LogP contribution in [0.2, 0.25) is 0 Å². The molecule has 0 aromatic heterocycles. The molecule has 1 heterocycles. The summed E-state index contributed by atoms with van der Waals surface area (Å²) < 4.78 is 0. The highest BCUT2D eigenvalue weighted by Crippen LogP contribution is 2.18. The molecule has 2 rings (SSSR count). The van der Waals surface area contributed by atoms with Crippen LogP contribution in [0.25, 0.3) is 0 Å². The van der Waals surface area contributed by atoms with Gasteiger partial charge in [0.15, 0.2) is 0 Å². The van der Waals surface area contributed by atoms with Crippen LogP contribution >= 0.6 is 0 Å². The summed E-state index contributed by atoms with van der Waals surface area (Å²) in [6, 6.07) is 1.71. The Morgan fingerprint density at radius 3 is 2.82 bits per heavy atom. The zero-order chi connectivity index (χ0) is 7.52. The van der Waals surface area contributed by atoms with E-state index in [1.807, 2.05) is 0 Å². The van der Waals surface area contributed by atoms with Gasteiger partial charge in [-0.3, -0.25) is 0 Å². The van der Waals surface area contributed by atoms with Crippen molar-refractivity contribution in [2.45, 2.75) is 44.2 Å². The van der Waals surface area contributed by atoms with E-state index in [-0.39, 0.29) is 0 Å². The van der Waals surface area contributed by atoms with Crippen LogP contribution in [0.5, 0.6) is 0 Å². The summed E-state index contributed by atoms with van der Waals surface area (Å²) >= 11 is 0. The average molecular weight is 154 g/mol. The lowest BCUT2D eigenvalue weighted by Crippen LogP contribution is -2.27. The van der Waals surface area contributed by atoms with E-state index in [2.05, 4.69) is 10.6 Å². The quantitative estimate of drug-likeness (QED) is 0.628. The lowest BCUT2D eigenvalue weighted by Gasteiger charge is -2.09. The third-order valence-electron chi connectivity index (χ3n) is 2.67. The van der Waals surface area contributed by atoms with Gasteiger partial charge in [-0.05, 0) is 45.2 Å². The molecule has 1 saturated heterocycles. The van der Waals surface area contributed by atoms with E-state index < -0.39 is 0 Å². The van der Waals surface area contributed by atoms with Gasteiger partial charge in [0.25, 0.3) is 0 Å². The van der Waals surface area contributed by atoms with Crippen LogP contribution in [0.1, 0.15) is 32.1 Å². The van der Waals surface area contributed by atoms with Crippen molar-refractivity contribution in [2.24, 2.45) is 0 Å². The second-order valence-corrected chi connectivity index (χ2v) is 3.81. The Morgan fingerprint density at radius 2 is 2.18 bits per heavy atom. The number of nitrogens with one attached hydrogen (secondary N) is 2. The van der Waals surface area contributed by atoms with Crippen molar-refractivity contribution in [1.29, 1.82) is 0 Å². The van der Waals surface area contributed by atoms with Crippen molar-refractivity contribution in [2.75, 3.05) is 13.1 Å². The summed E-state index contributed by atoms with van der Waals surface area (Å²) in [5, 5.41) is 7.05. The van der Waals surface area contributed by atoms with Crippen LogP contribution in [0, 0.1) is 0 Å². The van der Waals surface area contributed by atoms with Gasteiger partial charge >= 0.3 is 0 Å². The maximum absolute atomic E-state index is 3.54. The fourth-order valence-electron chi connectivity index (χ4n) is 1.75. The lowest BCUT2D eigenvalue weighted by atomic mass is 10.1. The molecule has 11 heavy (non-hydrogen) atoms. The highest BCUT2D eigenvalue weighted by atomic mass is 15.0. The largest absolute Gasteiger partial charge is 0.314 e. The standard InChI is InChI=1S/C9H18N2/c1-2-8(10-6-1)5-7-11-9-3-4-9/h8-11H,1-7H2. The molecule has 2 aliphatic rings. The van der Waals surface area contributed by atoms with Crippen molar-refractivity contribution < 1.29 is 0 Å². The number of rotatable bonds is 4. The molecular weight excluding hydrogens is 136 g/mol. The molecule has 0 amide bonds. The van der Waals surface area contributed by atoms with Crippen LogP contribution in [0.4, 0.5) is 0 Å². The van der Waals surface area contributed by atoms with Gasteiger partial charge in [-0.2, -0.15) is 0 Å². The molecule has 2 fully saturated rings. The summed E-state index contributed by atoms with van der Waals surface area (Å²) in [6.07, 6.45) is 6.94. The molecule has 0 aromatic rings. The van der Waals surface area contributed by atoms with Gasteiger partial charge in [-0.1, -0.05) is 0 Å². The van der Waals surface area contributed by atoms with E-state index in [1.54, 1.807) is 0 Å². The van der Waals surface area contributed by atoms with Crippen LogP contribution in [-0.4, -0.2) is 25.2 Å². The predicted octanol–water partition coefficient (Wildman–Crippen LogP) is 0.880. The van der Waals surface area contributed by atoms with Crippen molar-refractivity contribution in [3.8, 4) is 0 Å². The first-order valence-corrected chi connectivity index (χ1v) is 4.92. The van der Waals surface area contributed by atoms with Crippen molar-refractivity contribution in [1.82, 2.24) is 10.6 Å². The molecular formula is C9H18N2. The molecule has 2 heteroatoms. The average Bonchev–Trinajstić information content (AvgIpc) is 2.66. The predicted molar refractivity (Wildman–Crippen MR) is 46.7 cm³/mol. The fourth-order valence-corrected chi connectivity index (χ4v) is 1.75. The first-order valence-electron chi connectivity index (χ1n) is 4.92. The minimum atomic E-state index is 0.821. The summed E-state index contributed by atoms with van der Waals surface area (Å²) in [7, 11) is 0. The minimum Gasteiger partial charge on any atom is -0.314 e. The van der Waals surface area contributed by atoms with E-state index in [1.165, 1.54) is 45.2 Å². The smallest absolute Gasteiger partial charge is 0.00796 e. The SMILES string of the molecule is C1CNC(CCNC2CC2)C1. The normalized spacial score (nSPS) is 31.1. The Kier molecular flexibility index (Phi) is 2.44. The second kappa shape index (κ2) is 3.55. The molecule has 2 nitrogen and oxygen atoms in total. The second-order valence-electron chi connectivity index (χ2n) is 3.81. The van der Waals surface area contributed by atoms with E-state index in [0.29, 0.717) is 0 Å². The van der Waals surface area contributed by atoms with Crippen LogP contribution in [0.15, 0.2) is 0 Å². The Hall–Kier alpha value is -0.0800. The van der Waals surface area contributed by atoms with Crippen molar-refractivity contribution >= 4 is 0 Å². The monoisotopic (exact) mass is 154 g/mol. The summed E-state index contributed by atoms with van der Waals surface area (Å²) in [5.41, 5.74) is 0. The van der Waals surface area contributed by atoms with E-state index in [0.717, 1.165) is 12.1 Å². The fraction of sp³-hybridized carbons (Fsp3) is 1.00. The first-order chi connectivity index (χ1) is 5.45. The van der Waals surface area contributed by atoms with Crippen molar-refractivity contribution in [3.63, 3.8) is 0 Å². The zero-order valence-electron chi connectivity index (χ0n) is 7.10. The Labute approximate surface area is 68.7 Å². The molecule has 0 spiro atoms. The molecule has 1 unspecified atom stereocenters. The molecule has 64 valence electrons. The molecule has 0 bridgehead atoms. The molecule has 0 radical (unpaired) electrons. The lowest BCUT2D eigenvalue weighted by molar-refractivity contribution is 0.522. The Morgan fingerprint density at radius 1 is 1.27 bits per heavy atom. The van der Waals surface area contributed by atoms with E-state index in [9.17, 15) is 0 Å². The highest BCUT2D eigenvalue weighted by molar-refractivity contribution is 4.82. The summed E-state index contributed by atoms with van der Waals surface area (Å²) in [5.74, 6) is 0. The third kappa shape index (κ3) is 2.46. The zero-order valence-corrected chi connectivity index (χ0v) is 7.10. The maximum Gasteiger partial charge on any atom is 0.00796 e. The molecule has 0 aromatic carbocycles. The van der Waals surface area contributed by atoms with Gasteiger partial charge in [0.2, 0.25) is 0 Å². The van der Waals surface area contributed by atoms with Crippen LogP contribution < -0.4 is 10.6 Å². The topological polar surface area (TPSA) is 24.1 Å². The van der Waals surface area contributed by atoms with Crippen molar-refractivity contribution in [3.05, 3.63) is 0 Å². The molecule has 2 N–H and O–H groups in total. The van der Waals surface area contributed by atoms with Gasteiger partial charge in [0.1, 0.15) is 0 Å². The highest BCUT2D eigenvalue weighted by Gasteiger charge is 2.20. The van der Waals surface area contributed by atoms with Crippen LogP contribution in [0.3, 0.4) is 0 Å². The van der Waals surface area contributed by atoms with Crippen LogP contribution in [-0.2, 0) is 0 Å². The first kappa shape index (κ1) is 7.56. The van der Waals surface area contributed by atoms with Gasteiger partial charge < -0.3 is 10.6 Å². The Balaban J connectivity index is 1.51. The maximum atomic E-state index is 3.54. The summed E-state index contributed by atoms with van der Waals surface area (Å²) in [6.45, 7) is 2.47. The van der Waals surface area contributed by atoms with E-state index >= 15 is 0 Å². The van der Waals surface area contributed by atoms with Gasteiger partial charge in [-0.15, -0.1) is 0 Å². The molecule has 1 atom stereocenters. The number of hydrogen-bond acceptors (Lipinski definition) is 2. The number of hydrogen-bond donors (Lipinski definition) is 2. The molecule has 1 aliphatic carbocycles. The van der Waals surface area contributed by atoms with E-state index in [4.69, 9.17) is 0 Å². The Bertz CT molecular complexity index is 115. The van der Waals surface area contributed by atoms with Gasteiger partial charge in [-0.25, -0.2) is 0 Å².